The first-order valence-electron chi connectivity index (χ1n) is 4.10. The predicted molar refractivity (Wildman–Crippen MR) is 52.1 cm³/mol. The number of ether oxygens (including phenoxy) is 1. The van der Waals surface area contributed by atoms with Crippen molar-refractivity contribution >= 4 is 6.29 Å². The van der Waals surface area contributed by atoms with Crippen LogP contribution in [0.3, 0.4) is 0 Å². The third-order valence-corrected chi connectivity index (χ3v) is 1.65. The lowest BCUT2D eigenvalue weighted by Crippen LogP contribution is -2.07. The molecule has 0 fully saturated rings. The molecule has 68 valence electrons. The molecule has 0 radical (unpaired) electrons. The summed E-state index contributed by atoms with van der Waals surface area (Å²) in [6.07, 6.45) is 2.46. The van der Waals surface area contributed by atoms with E-state index >= 15 is 0 Å². The molecule has 0 aliphatic carbocycles. The molecule has 0 heterocycles. The van der Waals surface area contributed by atoms with Crippen LogP contribution in [0.5, 0.6) is 5.75 Å². The summed E-state index contributed by atoms with van der Waals surface area (Å²) in [5.41, 5.74) is 0.619. The van der Waals surface area contributed by atoms with Crippen molar-refractivity contribution < 1.29 is 9.53 Å². The van der Waals surface area contributed by atoms with Crippen LogP contribution < -0.4 is 4.74 Å². The Kier molecular flexibility index (Phi) is 3.26. The fourth-order valence-corrected chi connectivity index (χ4v) is 0.924. The van der Waals surface area contributed by atoms with E-state index in [1.165, 1.54) is 0 Å². The molecular weight excluding hydrogens is 164 g/mol. The Balaban J connectivity index is 2.77. The fourth-order valence-electron chi connectivity index (χ4n) is 0.924. The monoisotopic (exact) mass is 176 g/mol. The van der Waals surface area contributed by atoms with Crippen LogP contribution in [-0.2, 0) is 0 Å². The summed E-state index contributed by atoms with van der Waals surface area (Å²) in [6, 6.07) is 7.04. The number of carbonyl (C=O) groups excluding carboxylic acids is 1. The molecule has 1 rings (SSSR count). The van der Waals surface area contributed by atoms with Gasteiger partial charge in [0.15, 0.2) is 0 Å². The van der Waals surface area contributed by atoms with Crippen molar-refractivity contribution in [3.63, 3.8) is 0 Å². The molecule has 0 aliphatic heterocycles. The summed E-state index contributed by atoms with van der Waals surface area (Å²) in [4.78, 5) is 10.4. The maximum atomic E-state index is 10.4. The smallest absolute Gasteiger partial charge is 0.150 e. The highest BCUT2D eigenvalue weighted by Gasteiger charge is 1.99. The largest absolute Gasteiger partial charge is 0.487 e. The van der Waals surface area contributed by atoms with Crippen molar-refractivity contribution in [1.82, 2.24) is 0 Å². The Hall–Kier alpha value is -1.57. The Morgan fingerprint density at radius 3 is 2.92 bits per heavy atom. The molecule has 2 heteroatoms. The summed E-state index contributed by atoms with van der Waals surface area (Å²) in [5.74, 6) is 0.692. The van der Waals surface area contributed by atoms with Gasteiger partial charge in [0.2, 0.25) is 0 Å². The first-order valence-corrected chi connectivity index (χ1v) is 4.10. The number of benzene rings is 1. The van der Waals surface area contributed by atoms with Gasteiger partial charge in [0, 0.05) is 5.56 Å². The molecule has 1 aromatic rings. The van der Waals surface area contributed by atoms with Crippen LogP contribution in [0.25, 0.3) is 0 Å². The molecule has 1 atom stereocenters. The third kappa shape index (κ3) is 2.75. The van der Waals surface area contributed by atoms with Gasteiger partial charge in [-0.1, -0.05) is 24.8 Å². The van der Waals surface area contributed by atoms with Crippen LogP contribution in [0.2, 0.25) is 0 Å². The SMILES string of the molecule is C=CC(C)Oc1cccc(C=O)c1. The second-order valence-corrected chi connectivity index (χ2v) is 2.75. The molecule has 1 aromatic carbocycles. The number of carbonyl (C=O) groups is 1. The van der Waals surface area contributed by atoms with Crippen molar-refractivity contribution in [3.05, 3.63) is 42.5 Å². The van der Waals surface area contributed by atoms with Crippen LogP contribution >= 0.6 is 0 Å². The van der Waals surface area contributed by atoms with E-state index in [1.807, 2.05) is 13.0 Å². The first kappa shape index (κ1) is 9.52. The summed E-state index contributed by atoms with van der Waals surface area (Å²) in [6.45, 7) is 5.49. The number of hydrogen-bond donors (Lipinski definition) is 0. The second kappa shape index (κ2) is 4.45. The highest BCUT2D eigenvalue weighted by Crippen LogP contribution is 2.13. The molecular formula is C11H12O2. The minimum absolute atomic E-state index is 0.0399. The lowest BCUT2D eigenvalue weighted by atomic mass is 10.2. The van der Waals surface area contributed by atoms with Gasteiger partial charge in [0.1, 0.15) is 18.1 Å². The van der Waals surface area contributed by atoms with Crippen molar-refractivity contribution in [3.8, 4) is 5.75 Å². The average Bonchev–Trinajstić information content (AvgIpc) is 2.18. The Morgan fingerprint density at radius 2 is 2.31 bits per heavy atom. The Labute approximate surface area is 77.8 Å². The minimum Gasteiger partial charge on any atom is -0.487 e. The lowest BCUT2D eigenvalue weighted by Gasteiger charge is -2.09. The molecule has 0 N–H and O–H groups in total. The molecule has 1 unspecified atom stereocenters. The van der Waals surface area contributed by atoms with Crippen molar-refractivity contribution in [2.75, 3.05) is 0 Å². The van der Waals surface area contributed by atoms with Crippen LogP contribution in [0.4, 0.5) is 0 Å². The summed E-state index contributed by atoms with van der Waals surface area (Å²) < 4.78 is 5.43. The molecule has 2 nitrogen and oxygen atoms in total. The zero-order valence-corrected chi connectivity index (χ0v) is 7.57. The molecule has 0 bridgehead atoms. The van der Waals surface area contributed by atoms with Crippen molar-refractivity contribution in [2.45, 2.75) is 13.0 Å². The van der Waals surface area contributed by atoms with Gasteiger partial charge in [-0.3, -0.25) is 4.79 Å². The summed E-state index contributed by atoms with van der Waals surface area (Å²) in [7, 11) is 0. The van der Waals surface area contributed by atoms with E-state index in [4.69, 9.17) is 4.74 Å². The highest BCUT2D eigenvalue weighted by atomic mass is 16.5. The zero-order valence-electron chi connectivity index (χ0n) is 7.57. The van der Waals surface area contributed by atoms with Gasteiger partial charge in [-0.2, -0.15) is 0 Å². The quantitative estimate of drug-likeness (QED) is 0.520. The maximum absolute atomic E-state index is 10.4. The molecule has 0 amide bonds. The number of hydrogen-bond acceptors (Lipinski definition) is 2. The van der Waals surface area contributed by atoms with E-state index in [2.05, 4.69) is 6.58 Å². The topological polar surface area (TPSA) is 26.3 Å². The van der Waals surface area contributed by atoms with E-state index in [9.17, 15) is 4.79 Å². The van der Waals surface area contributed by atoms with Gasteiger partial charge < -0.3 is 4.74 Å². The van der Waals surface area contributed by atoms with Gasteiger partial charge in [-0.05, 0) is 19.1 Å². The van der Waals surface area contributed by atoms with Gasteiger partial charge in [-0.25, -0.2) is 0 Å². The molecule has 13 heavy (non-hydrogen) atoms. The van der Waals surface area contributed by atoms with Gasteiger partial charge in [0.25, 0.3) is 0 Å². The molecule has 0 aliphatic rings. The van der Waals surface area contributed by atoms with E-state index in [0.717, 1.165) is 6.29 Å². The van der Waals surface area contributed by atoms with Crippen LogP contribution in [-0.4, -0.2) is 12.4 Å². The van der Waals surface area contributed by atoms with Crippen LogP contribution in [0.15, 0.2) is 36.9 Å². The lowest BCUT2D eigenvalue weighted by molar-refractivity contribution is 0.112. The average molecular weight is 176 g/mol. The Morgan fingerprint density at radius 1 is 1.54 bits per heavy atom. The summed E-state index contributed by atoms with van der Waals surface area (Å²) in [5, 5.41) is 0. The standard InChI is InChI=1S/C11H12O2/c1-3-9(2)13-11-6-4-5-10(7-11)8-12/h3-9H,1H2,2H3. The zero-order chi connectivity index (χ0) is 9.68. The van der Waals surface area contributed by atoms with Crippen molar-refractivity contribution in [1.29, 1.82) is 0 Å². The maximum Gasteiger partial charge on any atom is 0.150 e. The van der Waals surface area contributed by atoms with E-state index in [-0.39, 0.29) is 6.10 Å². The number of rotatable bonds is 4. The molecule has 0 saturated heterocycles. The molecule has 0 aromatic heterocycles. The van der Waals surface area contributed by atoms with Gasteiger partial charge in [0.05, 0.1) is 0 Å². The predicted octanol–water partition coefficient (Wildman–Crippen LogP) is 2.45. The van der Waals surface area contributed by atoms with E-state index in [0.29, 0.717) is 11.3 Å². The Bertz CT molecular complexity index is 305. The molecule has 0 spiro atoms. The van der Waals surface area contributed by atoms with Gasteiger partial charge in [-0.15, -0.1) is 0 Å². The van der Waals surface area contributed by atoms with E-state index in [1.54, 1.807) is 24.3 Å². The fraction of sp³-hybridized carbons (Fsp3) is 0.182. The second-order valence-electron chi connectivity index (χ2n) is 2.75. The third-order valence-electron chi connectivity index (χ3n) is 1.65. The van der Waals surface area contributed by atoms with Gasteiger partial charge >= 0.3 is 0 Å². The number of aldehydes is 1. The minimum atomic E-state index is -0.0399. The normalized spacial score (nSPS) is 11.8. The highest BCUT2D eigenvalue weighted by molar-refractivity contribution is 5.75. The molecule has 0 saturated carbocycles. The van der Waals surface area contributed by atoms with Crippen LogP contribution in [0, 0.1) is 0 Å². The van der Waals surface area contributed by atoms with E-state index < -0.39 is 0 Å². The van der Waals surface area contributed by atoms with Crippen molar-refractivity contribution in [2.24, 2.45) is 0 Å². The van der Waals surface area contributed by atoms with Crippen LogP contribution in [0.1, 0.15) is 17.3 Å². The summed E-state index contributed by atoms with van der Waals surface area (Å²) >= 11 is 0. The first-order chi connectivity index (χ1) is 6.26.